The van der Waals surface area contributed by atoms with Gasteiger partial charge >= 0.3 is 0 Å². The van der Waals surface area contributed by atoms with Crippen molar-refractivity contribution in [1.29, 1.82) is 0 Å². The maximum atomic E-state index is 13.0. The number of anilines is 1. The summed E-state index contributed by atoms with van der Waals surface area (Å²) >= 11 is 6.89. The standard InChI is InChI=1S/C25H27N3O2S2/c1-3-15-30-22-9-7-20(8-10-22)17-23-24(29)28(25(31)32-23)18-26-11-13-27(14-12-26)21-6-4-5-19(2)16-21/h3-10,16-17H,1,11-15,18H2,2H3/b23-17-. The molecule has 0 N–H and O–H groups in total. The maximum Gasteiger partial charge on any atom is 0.267 e. The van der Waals surface area contributed by atoms with E-state index in [9.17, 15) is 4.79 Å². The number of aryl methyl sites for hydroxylation is 1. The van der Waals surface area contributed by atoms with Gasteiger partial charge in [-0.05, 0) is 48.4 Å². The third kappa shape index (κ3) is 5.41. The van der Waals surface area contributed by atoms with Gasteiger partial charge in [0.25, 0.3) is 5.91 Å². The van der Waals surface area contributed by atoms with E-state index in [2.05, 4.69) is 47.6 Å². The molecule has 2 heterocycles. The molecule has 0 aromatic heterocycles. The van der Waals surface area contributed by atoms with E-state index in [1.165, 1.54) is 23.0 Å². The number of carbonyl (C=O) groups is 1. The Morgan fingerprint density at radius 3 is 2.56 bits per heavy atom. The van der Waals surface area contributed by atoms with Gasteiger partial charge in [-0.15, -0.1) is 0 Å². The summed E-state index contributed by atoms with van der Waals surface area (Å²) in [5.41, 5.74) is 3.48. The SMILES string of the molecule is C=CCOc1ccc(/C=C2\SC(=S)N(CN3CCN(c4cccc(C)c4)CC3)C2=O)cc1. The highest BCUT2D eigenvalue weighted by Gasteiger charge is 2.33. The van der Waals surface area contributed by atoms with Crippen LogP contribution in [-0.4, -0.2) is 59.5 Å². The van der Waals surface area contributed by atoms with Crippen LogP contribution in [0.5, 0.6) is 5.75 Å². The number of amides is 1. The molecule has 2 aromatic rings. The Bertz CT molecular complexity index is 1030. The second-order valence-electron chi connectivity index (χ2n) is 7.86. The molecule has 2 aromatic carbocycles. The molecule has 2 aliphatic rings. The lowest BCUT2D eigenvalue weighted by atomic mass is 10.2. The van der Waals surface area contributed by atoms with Crippen molar-refractivity contribution >= 4 is 46.0 Å². The molecule has 0 radical (unpaired) electrons. The molecular formula is C25H27N3O2S2. The molecule has 2 aliphatic heterocycles. The average Bonchev–Trinajstić information content (AvgIpc) is 3.06. The number of hydrogen-bond donors (Lipinski definition) is 0. The van der Waals surface area contributed by atoms with Gasteiger partial charge in [-0.1, -0.05) is 60.9 Å². The molecule has 4 rings (SSSR count). The number of benzene rings is 2. The van der Waals surface area contributed by atoms with Crippen LogP contribution in [-0.2, 0) is 4.79 Å². The van der Waals surface area contributed by atoms with Crippen LogP contribution in [0.1, 0.15) is 11.1 Å². The quantitative estimate of drug-likeness (QED) is 0.339. The van der Waals surface area contributed by atoms with E-state index in [0.29, 0.717) is 22.5 Å². The Balaban J connectivity index is 1.34. The predicted molar refractivity (Wildman–Crippen MR) is 137 cm³/mol. The molecule has 5 nitrogen and oxygen atoms in total. The topological polar surface area (TPSA) is 36.0 Å². The van der Waals surface area contributed by atoms with Crippen molar-refractivity contribution in [2.24, 2.45) is 0 Å². The Morgan fingerprint density at radius 1 is 1.12 bits per heavy atom. The van der Waals surface area contributed by atoms with E-state index in [4.69, 9.17) is 17.0 Å². The van der Waals surface area contributed by atoms with Crippen LogP contribution in [0.25, 0.3) is 6.08 Å². The summed E-state index contributed by atoms with van der Waals surface area (Å²) < 4.78 is 6.13. The van der Waals surface area contributed by atoms with Gasteiger partial charge in [-0.3, -0.25) is 14.6 Å². The molecule has 166 valence electrons. The zero-order valence-corrected chi connectivity index (χ0v) is 19.8. The summed E-state index contributed by atoms with van der Waals surface area (Å²) in [6.45, 7) is 10.5. The molecule has 0 atom stereocenters. The number of rotatable bonds is 7. The van der Waals surface area contributed by atoms with E-state index in [1.54, 1.807) is 11.0 Å². The highest BCUT2D eigenvalue weighted by molar-refractivity contribution is 8.26. The molecule has 32 heavy (non-hydrogen) atoms. The Morgan fingerprint density at radius 2 is 1.88 bits per heavy atom. The normalized spacial score (nSPS) is 18.5. The third-order valence-electron chi connectivity index (χ3n) is 5.50. The van der Waals surface area contributed by atoms with Gasteiger partial charge in [0, 0.05) is 31.9 Å². The molecule has 2 fully saturated rings. The number of nitrogens with zero attached hydrogens (tertiary/aromatic N) is 3. The molecule has 0 spiro atoms. The van der Waals surface area contributed by atoms with Crippen molar-refractivity contribution in [2.45, 2.75) is 6.92 Å². The Kier molecular flexibility index (Phi) is 7.29. The van der Waals surface area contributed by atoms with Gasteiger partial charge in [0.15, 0.2) is 0 Å². The van der Waals surface area contributed by atoms with Gasteiger partial charge in [-0.25, -0.2) is 0 Å². The first kappa shape index (κ1) is 22.6. The lowest BCUT2D eigenvalue weighted by molar-refractivity contribution is -0.123. The minimum atomic E-state index is -0.0203. The lowest BCUT2D eigenvalue weighted by Crippen LogP contribution is -2.50. The van der Waals surface area contributed by atoms with E-state index in [0.717, 1.165) is 37.5 Å². The van der Waals surface area contributed by atoms with Gasteiger partial charge in [-0.2, -0.15) is 0 Å². The molecule has 2 saturated heterocycles. The largest absolute Gasteiger partial charge is 0.490 e. The second kappa shape index (κ2) is 10.3. The number of ether oxygens (including phenoxy) is 1. The van der Waals surface area contributed by atoms with Crippen molar-refractivity contribution in [3.05, 3.63) is 77.2 Å². The third-order valence-corrected chi connectivity index (χ3v) is 6.88. The first-order chi connectivity index (χ1) is 15.5. The minimum Gasteiger partial charge on any atom is -0.490 e. The van der Waals surface area contributed by atoms with Crippen LogP contribution in [0.15, 0.2) is 66.1 Å². The average molecular weight is 466 g/mol. The summed E-state index contributed by atoms with van der Waals surface area (Å²) in [5, 5.41) is 0. The first-order valence-corrected chi connectivity index (χ1v) is 11.9. The fourth-order valence-corrected chi connectivity index (χ4v) is 5.00. The van der Waals surface area contributed by atoms with Crippen molar-refractivity contribution < 1.29 is 9.53 Å². The van der Waals surface area contributed by atoms with Crippen molar-refractivity contribution in [3.63, 3.8) is 0 Å². The van der Waals surface area contributed by atoms with E-state index in [1.807, 2.05) is 30.3 Å². The van der Waals surface area contributed by atoms with E-state index >= 15 is 0 Å². The summed E-state index contributed by atoms with van der Waals surface area (Å²) in [4.78, 5) is 20.1. The molecule has 0 aliphatic carbocycles. The van der Waals surface area contributed by atoms with Crippen LogP contribution in [0.2, 0.25) is 0 Å². The van der Waals surface area contributed by atoms with Crippen molar-refractivity contribution in [2.75, 3.05) is 44.4 Å². The zero-order valence-electron chi connectivity index (χ0n) is 18.2. The summed E-state index contributed by atoms with van der Waals surface area (Å²) in [7, 11) is 0. The second-order valence-corrected chi connectivity index (χ2v) is 9.54. The van der Waals surface area contributed by atoms with E-state index in [-0.39, 0.29) is 5.91 Å². The molecular weight excluding hydrogens is 438 g/mol. The van der Waals surface area contributed by atoms with Crippen LogP contribution in [0, 0.1) is 6.92 Å². The number of carbonyl (C=O) groups excluding carboxylic acids is 1. The molecule has 0 unspecified atom stereocenters. The minimum absolute atomic E-state index is 0.0203. The number of thiocarbonyl (C=S) groups is 1. The van der Waals surface area contributed by atoms with Gasteiger partial charge in [0.1, 0.15) is 16.7 Å². The van der Waals surface area contributed by atoms with E-state index < -0.39 is 0 Å². The van der Waals surface area contributed by atoms with Crippen LogP contribution < -0.4 is 9.64 Å². The smallest absolute Gasteiger partial charge is 0.267 e. The highest BCUT2D eigenvalue weighted by Crippen LogP contribution is 2.33. The first-order valence-electron chi connectivity index (χ1n) is 10.7. The summed E-state index contributed by atoms with van der Waals surface area (Å²) in [6.07, 6.45) is 3.61. The highest BCUT2D eigenvalue weighted by atomic mass is 32.2. The van der Waals surface area contributed by atoms with Gasteiger partial charge in [0.2, 0.25) is 0 Å². The molecule has 7 heteroatoms. The predicted octanol–water partition coefficient (Wildman–Crippen LogP) is 4.54. The fourth-order valence-electron chi connectivity index (χ4n) is 3.76. The maximum absolute atomic E-state index is 13.0. The molecule has 0 bridgehead atoms. The summed E-state index contributed by atoms with van der Waals surface area (Å²) in [6, 6.07) is 16.3. The van der Waals surface area contributed by atoms with Gasteiger partial charge < -0.3 is 9.64 Å². The van der Waals surface area contributed by atoms with Crippen molar-refractivity contribution in [1.82, 2.24) is 9.80 Å². The fraction of sp³-hybridized carbons (Fsp3) is 0.280. The zero-order chi connectivity index (χ0) is 22.5. The van der Waals surface area contributed by atoms with Gasteiger partial charge in [0.05, 0.1) is 11.6 Å². The Labute approximate surface area is 199 Å². The summed E-state index contributed by atoms with van der Waals surface area (Å²) in [5.74, 6) is 0.757. The monoisotopic (exact) mass is 465 g/mol. The van der Waals surface area contributed by atoms with Crippen LogP contribution in [0.3, 0.4) is 0 Å². The van der Waals surface area contributed by atoms with Crippen LogP contribution in [0.4, 0.5) is 5.69 Å². The number of piperazine rings is 1. The molecule has 0 saturated carbocycles. The van der Waals surface area contributed by atoms with Crippen molar-refractivity contribution in [3.8, 4) is 5.75 Å². The number of thioether (sulfide) groups is 1. The lowest BCUT2D eigenvalue weighted by Gasteiger charge is -2.37. The Hall–Kier alpha value is -2.61. The molecule has 1 amide bonds. The number of hydrogen-bond acceptors (Lipinski definition) is 6. The van der Waals surface area contributed by atoms with Crippen LogP contribution >= 0.6 is 24.0 Å².